The molecule has 0 atom stereocenters. The fourth-order valence-electron chi connectivity index (χ4n) is 5.88. The van der Waals surface area contributed by atoms with Gasteiger partial charge in [0.2, 0.25) is 0 Å². The third kappa shape index (κ3) is 6.02. The summed E-state index contributed by atoms with van der Waals surface area (Å²) in [5.41, 5.74) is 0. The van der Waals surface area contributed by atoms with Crippen LogP contribution < -0.4 is 10.4 Å². The van der Waals surface area contributed by atoms with E-state index in [0.717, 1.165) is 0 Å². The van der Waals surface area contributed by atoms with E-state index in [1.165, 1.54) is 53.5 Å². The van der Waals surface area contributed by atoms with Crippen molar-refractivity contribution in [1.82, 2.24) is 0 Å². The van der Waals surface area contributed by atoms with Crippen LogP contribution in [0.5, 0.6) is 0 Å². The van der Waals surface area contributed by atoms with E-state index >= 15 is 0 Å². The number of hydrogen-bond acceptors (Lipinski definition) is 0. The topological polar surface area (TPSA) is 0 Å². The fraction of sp³-hybridized carbons (Fsp3) is 0.0500. The molecule has 0 nitrogen and oxygen atoms in total. The van der Waals surface area contributed by atoms with Gasteiger partial charge in [-0.3, -0.25) is 0 Å². The van der Waals surface area contributed by atoms with E-state index in [4.69, 9.17) is 0 Å². The van der Waals surface area contributed by atoms with E-state index < -0.39 is 8.07 Å². The van der Waals surface area contributed by atoms with Gasteiger partial charge in [-0.05, 0) is 0 Å². The molecule has 0 aliphatic carbocycles. The molecule has 0 N–H and O–H groups in total. The summed E-state index contributed by atoms with van der Waals surface area (Å²) in [5.74, 6) is 0. The average Bonchev–Trinajstić information content (AvgIpc) is 3.62. The molecule has 8 aromatic rings. The summed E-state index contributed by atoms with van der Waals surface area (Å²) < 4.78 is 0. The molecule has 0 spiro atoms. The molecule has 0 amide bonds. The summed E-state index contributed by atoms with van der Waals surface area (Å²) in [6.45, 7) is 5.01. The van der Waals surface area contributed by atoms with E-state index in [-0.39, 0.29) is 26.2 Å². The van der Waals surface area contributed by atoms with Gasteiger partial charge in [-0.25, -0.2) is 0 Å². The summed E-state index contributed by atoms with van der Waals surface area (Å²) in [4.78, 5) is 0. The van der Waals surface area contributed by atoms with Gasteiger partial charge >= 0.3 is 26.2 Å². The maximum atomic E-state index is 2.89. The van der Waals surface area contributed by atoms with Crippen LogP contribution in [0.25, 0.3) is 43.1 Å². The van der Waals surface area contributed by atoms with E-state index in [2.05, 4.69) is 122 Å². The molecule has 0 bridgehead atoms. The van der Waals surface area contributed by atoms with Crippen LogP contribution in [0.1, 0.15) is 0 Å². The monoisotopic (exact) mass is 630 g/mol. The third-order valence-corrected chi connectivity index (χ3v) is 11.4. The van der Waals surface area contributed by atoms with Crippen LogP contribution in [0.2, 0.25) is 13.1 Å². The summed E-state index contributed by atoms with van der Waals surface area (Å²) in [5, 5.41) is 14.1. The van der Waals surface area contributed by atoms with Gasteiger partial charge < -0.3 is 0 Å². The second-order valence-corrected chi connectivity index (χ2v) is 15.1. The van der Waals surface area contributed by atoms with Crippen molar-refractivity contribution < 1.29 is 26.2 Å². The van der Waals surface area contributed by atoms with Gasteiger partial charge in [0.1, 0.15) is 0 Å². The molecule has 0 saturated heterocycles. The average molecular weight is 632 g/mol. The Morgan fingerprint density at radius 1 is 0.429 bits per heavy atom. The molecule has 0 aliphatic rings. The smallest absolute Gasteiger partial charge is 0.184 e. The van der Waals surface area contributed by atoms with Crippen LogP contribution in [0.3, 0.4) is 0 Å². The summed E-state index contributed by atoms with van der Waals surface area (Å²) in [6.07, 6.45) is 0. The van der Waals surface area contributed by atoms with Crippen molar-refractivity contribution in [3.05, 3.63) is 170 Å². The van der Waals surface area contributed by atoms with E-state index in [9.17, 15) is 0 Å². The van der Waals surface area contributed by atoms with Gasteiger partial charge in [-0.2, -0.15) is 72.8 Å². The Morgan fingerprint density at radius 2 is 0.810 bits per heavy atom. The Balaban J connectivity index is 0.000000226. The fourth-order valence-corrected chi connectivity index (χ4v) is 8.95. The predicted molar refractivity (Wildman–Crippen MR) is 181 cm³/mol. The molecule has 0 fully saturated rings. The number of hydrogen-bond donors (Lipinski definition) is 0. The van der Waals surface area contributed by atoms with Crippen LogP contribution in [-0.2, 0) is 26.2 Å². The van der Waals surface area contributed by atoms with E-state index in [0.29, 0.717) is 0 Å². The Bertz CT molecular complexity index is 1810. The first-order valence-corrected chi connectivity index (χ1v) is 17.1. The molecular formula is C40H32SiZr. The van der Waals surface area contributed by atoms with Crippen molar-refractivity contribution >= 4 is 61.5 Å². The molecule has 42 heavy (non-hydrogen) atoms. The maximum Gasteiger partial charge on any atom is 4.00 e. The number of benzene rings is 6. The molecule has 8 aromatic carbocycles. The molecule has 2 heteroatoms. The van der Waals surface area contributed by atoms with E-state index in [1.807, 2.05) is 60.7 Å². The van der Waals surface area contributed by atoms with Gasteiger partial charge in [0, 0.05) is 8.07 Å². The van der Waals surface area contributed by atoms with Crippen LogP contribution in [0, 0.1) is 12.1 Å². The zero-order chi connectivity index (χ0) is 28.1. The normalized spacial score (nSPS) is 10.9. The van der Waals surface area contributed by atoms with Crippen molar-refractivity contribution in [1.29, 1.82) is 0 Å². The third-order valence-electron chi connectivity index (χ3n) is 7.87. The quantitative estimate of drug-likeness (QED) is 0.132. The molecule has 0 aliphatic heterocycles. The van der Waals surface area contributed by atoms with Gasteiger partial charge in [0.25, 0.3) is 0 Å². The molecule has 8 rings (SSSR count). The van der Waals surface area contributed by atoms with Gasteiger partial charge in [-0.15, -0.1) is 77.7 Å². The van der Waals surface area contributed by atoms with Crippen LogP contribution in [0.4, 0.5) is 0 Å². The second kappa shape index (κ2) is 13.4. The molecule has 0 aromatic heterocycles. The summed E-state index contributed by atoms with van der Waals surface area (Å²) >= 11 is 0. The summed E-state index contributed by atoms with van der Waals surface area (Å²) in [6, 6.07) is 61.1. The Hall–Kier alpha value is -3.84. The van der Waals surface area contributed by atoms with Crippen molar-refractivity contribution in [2.24, 2.45) is 0 Å². The first-order valence-electron chi connectivity index (χ1n) is 14.1. The number of fused-ring (bicyclic) bond motifs is 6. The molecule has 0 radical (unpaired) electrons. The molecule has 0 unspecified atom stereocenters. The van der Waals surface area contributed by atoms with Crippen molar-refractivity contribution in [2.45, 2.75) is 13.1 Å². The molecule has 0 saturated carbocycles. The Labute approximate surface area is 269 Å². The van der Waals surface area contributed by atoms with Crippen molar-refractivity contribution in [3.8, 4) is 0 Å². The minimum atomic E-state index is -1.91. The van der Waals surface area contributed by atoms with Crippen LogP contribution >= 0.6 is 0 Å². The standard InChI is InChI=1S/C28H22Si.2C6H5.Zr/c1-29(2,27-15-7-13-23-21-11-5-3-9-19(21)17-25(23)27)28-16-8-14-24-22-12-6-4-10-20(22)18-26(24)28;2*1-2-4-6-5-3-1;/h3-18H,1-2H3;2*1-5H;/q-2;2*-1;+4. The minimum absolute atomic E-state index is 0. The summed E-state index contributed by atoms with van der Waals surface area (Å²) in [7, 11) is -1.91. The zero-order valence-electron chi connectivity index (χ0n) is 24.0. The molecular weight excluding hydrogens is 600 g/mol. The van der Waals surface area contributed by atoms with Crippen molar-refractivity contribution in [2.75, 3.05) is 0 Å². The first-order chi connectivity index (χ1) is 20.1. The number of rotatable bonds is 2. The van der Waals surface area contributed by atoms with Gasteiger partial charge in [-0.1, -0.05) is 85.9 Å². The van der Waals surface area contributed by atoms with Gasteiger partial charge in [0.05, 0.1) is 0 Å². The molecule has 0 heterocycles. The SMILES string of the molecule is C[Si](C)(c1cccc2c1[cH-]c1ccccc12)c1cccc2c1[cH-]c1ccccc12.[Zr+4].[c-]1ccccc1.[c-]1ccccc1. The largest absolute Gasteiger partial charge is 4.00 e. The zero-order valence-corrected chi connectivity index (χ0v) is 27.5. The van der Waals surface area contributed by atoms with Gasteiger partial charge in [0.15, 0.2) is 0 Å². The second-order valence-electron chi connectivity index (χ2n) is 10.8. The van der Waals surface area contributed by atoms with Crippen LogP contribution in [-0.4, -0.2) is 8.07 Å². The Kier molecular flexibility index (Phi) is 9.48. The minimum Gasteiger partial charge on any atom is -0.184 e. The maximum absolute atomic E-state index is 2.89. The predicted octanol–water partition coefficient (Wildman–Crippen LogP) is 9.53. The van der Waals surface area contributed by atoms with Crippen LogP contribution in [0.15, 0.2) is 158 Å². The first kappa shape index (κ1) is 29.6. The molecule has 200 valence electrons. The van der Waals surface area contributed by atoms with Crippen molar-refractivity contribution in [3.63, 3.8) is 0 Å². The Morgan fingerprint density at radius 3 is 1.17 bits per heavy atom. The van der Waals surface area contributed by atoms with E-state index in [1.54, 1.807) is 0 Å².